The summed E-state index contributed by atoms with van der Waals surface area (Å²) >= 11 is 1.61. The van der Waals surface area contributed by atoms with Gasteiger partial charge in [-0.2, -0.15) is 11.8 Å². The Balaban J connectivity index is 2.34. The van der Waals surface area contributed by atoms with E-state index < -0.39 is 12.0 Å². The molecule has 0 aliphatic heterocycles. The van der Waals surface area contributed by atoms with Crippen molar-refractivity contribution in [3.05, 3.63) is 35.1 Å². The average molecular weight is 257 g/mol. The van der Waals surface area contributed by atoms with E-state index in [1.54, 1.807) is 17.8 Å². The van der Waals surface area contributed by atoms with Crippen molar-refractivity contribution >= 4 is 17.7 Å². The van der Waals surface area contributed by atoms with Crippen LogP contribution >= 0.6 is 11.8 Å². The number of hydrogen-bond acceptors (Lipinski definition) is 3. The normalized spacial score (nSPS) is 12.4. The minimum absolute atomic E-state index is 0.232. The SMILES string of the molecule is Cc1cc(F)ccc1CSCCC(N)C(=O)O. The van der Waals surface area contributed by atoms with Crippen molar-refractivity contribution in [3.8, 4) is 0 Å². The number of thioether (sulfide) groups is 1. The summed E-state index contributed by atoms with van der Waals surface area (Å²) < 4.78 is 12.8. The number of hydrogen-bond donors (Lipinski definition) is 2. The number of halogens is 1. The first-order chi connectivity index (χ1) is 8.00. The van der Waals surface area contributed by atoms with Crippen LogP contribution in [0.2, 0.25) is 0 Å². The Morgan fingerprint density at radius 1 is 1.59 bits per heavy atom. The maximum Gasteiger partial charge on any atom is 0.320 e. The second-order valence-electron chi connectivity index (χ2n) is 3.86. The van der Waals surface area contributed by atoms with Crippen LogP contribution in [0.5, 0.6) is 0 Å². The summed E-state index contributed by atoms with van der Waals surface area (Å²) in [6, 6.07) is 3.90. The first kappa shape index (κ1) is 14.0. The lowest BCUT2D eigenvalue weighted by molar-refractivity contribution is -0.138. The fraction of sp³-hybridized carbons (Fsp3) is 0.417. The van der Waals surface area contributed by atoms with Gasteiger partial charge in [0.15, 0.2) is 0 Å². The average Bonchev–Trinajstić information content (AvgIpc) is 2.26. The van der Waals surface area contributed by atoms with E-state index in [1.807, 2.05) is 6.92 Å². The predicted octanol–water partition coefficient (Wildman–Crippen LogP) is 2.17. The minimum atomic E-state index is -0.969. The number of carbonyl (C=O) groups is 1. The molecule has 0 radical (unpaired) electrons. The highest BCUT2D eigenvalue weighted by Gasteiger charge is 2.10. The number of nitrogens with two attached hydrogens (primary N) is 1. The first-order valence-electron chi connectivity index (χ1n) is 5.32. The Kier molecular flexibility index (Phi) is 5.44. The van der Waals surface area contributed by atoms with E-state index in [0.29, 0.717) is 12.2 Å². The van der Waals surface area contributed by atoms with E-state index >= 15 is 0 Å². The van der Waals surface area contributed by atoms with Gasteiger partial charge in [0.25, 0.3) is 0 Å². The lowest BCUT2D eigenvalue weighted by atomic mass is 10.1. The van der Waals surface area contributed by atoms with Gasteiger partial charge in [-0.05, 0) is 42.4 Å². The lowest BCUT2D eigenvalue weighted by Gasteiger charge is -2.07. The molecule has 0 aliphatic rings. The number of carboxylic acid groups (broad SMARTS) is 1. The Bertz CT molecular complexity index is 398. The molecule has 0 saturated carbocycles. The Labute approximate surface area is 104 Å². The molecule has 1 aromatic carbocycles. The molecule has 0 aromatic heterocycles. The summed E-state index contributed by atoms with van der Waals surface area (Å²) in [6.45, 7) is 1.86. The molecule has 1 atom stereocenters. The molecule has 3 nitrogen and oxygen atoms in total. The number of aryl methyl sites for hydroxylation is 1. The maximum atomic E-state index is 12.8. The third-order valence-electron chi connectivity index (χ3n) is 2.45. The van der Waals surface area contributed by atoms with Crippen molar-refractivity contribution in [2.75, 3.05) is 5.75 Å². The largest absolute Gasteiger partial charge is 0.480 e. The molecule has 0 aliphatic carbocycles. The van der Waals surface area contributed by atoms with Crippen LogP contribution in [0.25, 0.3) is 0 Å². The molecule has 1 aromatic rings. The molecule has 94 valence electrons. The van der Waals surface area contributed by atoms with Gasteiger partial charge in [-0.15, -0.1) is 0 Å². The number of aliphatic carboxylic acids is 1. The second-order valence-corrected chi connectivity index (χ2v) is 4.96. The molecule has 5 heteroatoms. The molecule has 0 bridgehead atoms. The molecular formula is C12H16FNO2S. The van der Waals surface area contributed by atoms with Gasteiger partial charge < -0.3 is 10.8 Å². The van der Waals surface area contributed by atoms with Crippen LogP contribution in [0.4, 0.5) is 4.39 Å². The van der Waals surface area contributed by atoms with Crippen molar-refractivity contribution in [1.82, 2.24) is 0 Å². The topological polar surface area (TPSA) is 63.3 Å². The van der Waals surface area contributed by atoms with E-state index in [1.165, 1.54) is 12.1 Å². The summed E-state index contributed by atoms with van der Waals surface area (Å²) in [5.41, 5.74) is 7.37. The zero-order valence-corrected chi connectivity index (χ0v) is 10.5. The Morgan fingerprint density at radius 2 is 2.29 bits per heavy atom. The molecule has 0 heterocycles. The summed E-state index contributed by atoms with van der Waals surface area (Å²) in [5.74, 6) is 0.232. The third kappa shape index (κ3) is 4.75. The molecule has 17 heavy (non-hydrogen) atoms. The van der Waals surface area contributed by atoms with Crippen LogP contribution in [-0.2, 0) is 10.5 Å². The van der Waals surface area contributed by atoms with E-state index in [2.05, 4.69) is 0 Å². The van der Waals surface area contributed by atoms with Crippen molar-refractivity contribution in [2.45, 2.75) is 25.1 Å². The first-order valence-corrected chi connectivity index (χ1v) is 6.47. The fourth-order valence-electron chi connectivity index (χ4n) is 1.34. The zero-order valence-electron chi connectivity index (χ0n) is 9.65. The standard InChI is InChI=1S/C12H16FNO2S/c1-8-6-10(13)3-2-9(8)7-17-5-4-11(14)12(15)16/h2-3,6,11H,4-5,7,14H2,1H3,(H,15,16). The molecular weight excluding hydrogens is 241 g/mol. The van der Waals surface area contributed by atoms with Crippen LogP contribution in [0.15, 0.2) is 18.2 Å². The smallest absolute Gasteiger partial charge is 0.320 e. The van der Waals surface area contributed by atoms with Gasteiger partial charge in [0.05, 0.1) is 0 Å². The number of carboxylic acids is 1. The summed E-state index contributed by atoms with van der Waals surface area (Å²) in [4.78, 5) is 10.5. The van der Waals surface area contributed by atoms with Gasteiger partial charge in [-0.25, -0.2) is 4.39 Å². The summed E-state index contributed by atoms with van der Waals surface area (Å²) in [7, 11) is 0. The van der Waals surface area contributed by atoms with Gasteiger partial charge in [-0.3, -0.25) is 4.79 Å². The highest BCUT2D eigenvalue weighted by atomic mass is 32.2. The van der Waals surface area contributed by atoms with Crippen LogP contribution in [0.1, 0.15) is 17.5 Å². The quantitative estimate of drug-likeness (QED) is 0.767. The number of rotatable bonds is 6. The summed E-state index contributed by atoms with van der Waals surface area (Å²) in [6.07, 6.45) is 0.445. The van der Waals surface area contributed by atoms with Crippen molar-refractivity contribution in [1.29, 1.82) is 0 Å². The molecule has 1 rings (SSSR count). The zero-order chi connectivity index (χ0) is 12.8. The monoisotopic (exact) mass is 257 g/mol. The van der Waals surface area contributed by atoms with E-state index in [9.17, 15) is 9.18 Å². The minimum Gasteiger partial charge on any atom is -0.480 e. The van der Waals surface area contributed by atoms with Gasteiger partial charge >= 0.3 is 5.97 Å². The van der Waals surface area contributed by atoms with Crippen LogP contribution in [-0.4, -0.2) is 22.9 Å². The predicted molar refractivity (Wildman–Crippen MR) is 67.5 cm³/mol. The van der Waals surface area contributed by atoms with Gasteiger partial charge in [0.2, 0.25) is 0 Å². The molecule has 0 amide bonds. The van der Waals surface area contributed by atoms with E-state index in [-0.39, 0.29) is 5.82 Å². The van der Waals surface area contributed by atoms with Crippen LogP contribution < -0.4 is 5.73 Å². The molecule has 3 N–H and O–H groups in total. The second kappa shape index (κ2) is 6.61. The van der Waals surface area contributed by atoms with E-state index in [4.69, 9.17) is 10.8 Å². The fourth-order valence-corrected chi connectivity index (χ4v) is 2.45. The molecule has 0 fully saturated rings. The highest BCUT2D eigenvalue weighted by Crippen LogP contribution is 2.18. The van der Waals surface area contributed by atoms with E-state index in [0.717, 1.165) is 16.9 Å². The molecule has 0 spiro atoms. The molecule has 0 saturated heterocycles. The van der Waals surface area contributed by atoms with Crippen molar-refractivity contribution < 1.29 is 14.3 Å². The van der Waals surface area contributed by atoms with Gasteiger partial charge in [0, 0.05) is 5.75 Å². The van der Waals surface area contributed by atoms with Gasteiger partial charge in [-0.1, -0.05) is 6.07 Å². The lowest BCUT2D eigenvalue weighted by Crippen LogP contribution is -2.30. The van der Waals surface area contributed by atoms with Crippen LogP contribution in [0.3, 0.4) is 0 Å². The Hall–Kier alpha value is -1.07. The molecule has 1 unspecified atom stereocenters. The van der Waals surface area contributed by atoms with Crippen molar-refractivity contribution in [2.24, 2.45) is 5.73 Å². The Morgan fingerprint density at radius 3 is 2.88 bits per heavy atom. The number of benzene rings is 1. The third-order valence-corrected chi connectivity index (χ3v) is 3.49. The van der Waals surface area contributed by atoms with Gasteiger partial charge in [0.1, 0.15) is 11.9 Å². The van der Waals surface area contributed by atoms with Crippen LogP contribution in [0, 0.1) is 12.7 Å². The maximum absolute atomic E-state index is 12.8. The summed E-state index contributed by atoms with van der Waals surface area (Å²) in [5, 5.41) is 8.60. The van der Waals surface area contributed by atoms with Crippen molar-refractivity contribution in [3.63, 3.8) is 0 Å². The highest BCUT2D eigenvalue weighted by molar-refractivity contribution is 7.98.